The van der Waals surface area contributed by atoms with Crippen molar-refractivity contribution in [3.8, 4) is 0 Å². The summed E-state index contributed by atoms with van der Waals surface area (Å²) >= 11 is 0. The summed E-state index contributed by atoms with van der Waals surface area (Å²) in [5, 5.41) is 26.2. The SMILES string of the molecule is CN1C=CC(=C2C3=CC=C([NH2+]3)C(c3cc[n+](C)cc3)=C3C=CC(=[NH+]3)C(c3cc[n+](C)cc3)=C3C=CC(=N3)C(c3ccccc3N=C(O)CCCCCC(O)=Nc3ccccc3C3=C4C=CC(=N4)C(c4cc[n+](C)cc4)=C4C=CC(=N4)C(=C4C=CN(C)C=C4)c4ccc([nH]4)C(c4cc[n+](C)cc4)=C4C=CC3=N4)=C3C=CC2=N3)C=C1. The predicted molar refractivity (Wildman–Crippen MR) is 449 cm³/mol. The second kappa shape index (κ2) is 29.9. The number of aliphatic hydroxyl groups is 2. The topological polar surface area (TPSA) is 195 Å². The summed E-state index contributed by atoms with van der Waals surface area (Å²) < 4.78 is 8.13. The van der Waals surface area contributed by atoms with Crippen LogP contribution in [0.2, 0.25) is 0 Å². The summed E-state index contributed by atoms with van der Waals surface area (Å²) in [6.45, 7) is 0. The van der Waals surface area contributed by atoms with Gasteiger partial charge in [0.25, 0.3) is 0 Å². The summed E-state index contributed by atoms with van der Waals surface area (Å²) in [7, 11) is 12.1. The molecule has 16 bridgehead atoms. The van der Waals surface area contributed by atoms with E-state index in [1.807, 2.05) is 133 Å². The van der Waals surface area contributed by atoms with Crippen LogP contribution in [0.1, 0.15) is 76.9 Å². The maximum absolute atomic E-state index is 12.0. The lowest BCUT2D eigenvalue weighted by atomic mass is 9.97. The molecule has 0 saturated heterocycles. The Bertz CT molecular complexity index is 6210. The number of nitrogens with zero attached hydrogens (tertiary/aromatic N) is 13. The fraction of sp³-hybridized carbons (Fsp3) is 0.116. The van der Waals surface area contributed by atoms with Gasteiger partial charge in [-0.05, 0) is 144 Å². The third-order valence-electron chi connectivity index (χ3n) is 21.3. The molecule has 18 nitrogen and oxygen atoms in total. The number of H-pyrrole nitrogens is 1. The van der Waals surface area contributed by atoms with Gasteiger partial charge in [0.2, 0.25) is 11.4 Å². The zero-order valence-corrected chi connectivity index (χ0v) is 63.5. The van der Waals surface area contributed by atoms with E-state index in [0.29, 0.717) is 66.3 Å². The molecule has 0 spiro atoms. The van der Waals surface area contributed by atoms with Crippen molar-refractivity contribution in [2.24, 2.45) is 63.1 Å². The molecule has 6 N–H and O–H groups in total. The van der Waals surface area contributed by atoms with Crippen molar-refractivity contribution >= 4 is 96.5 Å². The van der Waals surface area contributed by atoms with Crippen LogP contribution in [0.25, 0.3) is 39.0 Å². The number of allylic oxidation sites excluding steroid dienone is 27. The molecule has 0 amide bonds. The summed E-state index contributed by atoms with van der Waals surface area (Å²) in [6, 6.07) is 37.1. The van der Waals surface area contributed by atoms with Crippen molar-refractivity contribution in [2.75, 3.05) is 14.1 Å². The molecular weight excluding hydrogens is 1400 g/mol. The predicted octanol–water partition coefficient (Wildman–Crippen LogP) is 12.8. The number of benzene rings is 2. The number of quaternary nitrogens is 1. The zero-order valence-electron chi connectivity index (χ0n) is 63.5. The molecule has 0 aliphatic carbocycles. The molecule has 11 aliphatic rings. The van der Waals surface area contributed by atoms with E-state index in [-0.39, 0.29) is 11.8 Å². The fourth-order valence-corrected chi connectivity index (χ4v) is 15.5. The Balaban J connectivity index is 0.660. The Morgan fingerprint density at radius 3 is 1.22 bits per heavy atom. The first-order valence-electron chi connectivity index (χ1n) is 38.0. The average Bonchev–Trinajstić information content (AvgIpc) is 1.62. The van der Waals surface area contributed by atoms with Crippen LogP contribution in [0.15, 0.2) is 390 Å². The second-order valence-electron chi connectivity index (χ2n) is 29.2. The number of fused-ring (bicyclic) bond motifs is 10. The van der Waals surface area contributed by atoms with Crippen molar-refractivity contribution < 1.29 is 38.8 Å². The van der Waals surface area contributed by atoms with Crippen LogP contribution in [0.4, 0.5) is 11.4 Å². The minimum absolute atomic E-state index is 0.00949. The number of hydrogen-bond acceptors (Lipinski definition) is 9. The number of aromatic nitrogens is 5. The zero-order chi connectivity index (χ0) is 76.8. The van der Waals surface area contributed by atoms with E-state index in [1.54, 1.807) is 0 Å². The van der Waals surface area contributed by atoms with Crippen molar-refractivity contribution in [2.45, 2.75) is 32.1 Å². The molecule has 0 fully saturated rings. The van der Waals surface area contributed by atoms with Gasteiger partial charge in [0.1, 0.15) is 45.2 Å². The van der Waals surface area contributed by atoms with Crippen LogP contribution in [-0.4, -0.2) is 85.2 Å². The lowest BCUT2D eigenvalue weighted by Gasteiger charge is -2.16. The van der Waals surface area contributed by atoms with Gasteiger partial charge in [-0.3, -0.25) is 5.32 Å². The molecule has 7 aromatic rings. The third-order valence-corrected chi connectivity index (χ3v) is 21.3. The summed E-state index contributed by atoms with van der Waals surface area (Å²) in [5.74, 6) is -0.0238. The molecule has 2 aromatic carbocycles. The van der Waals surface area contributed by atoms with Gasteiger partial charge >= 0.3 is 0 Å². The molecule has 18 rings (SSSR count). The number of nitrogens with one attached hydrogen (secondary N) is 2. The number of aromatic amines is 1. The molecule has 548 valence electrons. The van der Waals surface area contributed by atoms with E-state index in [1.165, 1.54) is 0 Å². The Labute approximate surface area is 655 Å². The molecule has 113 heavy (non-hydrogen) atoms. The van der Waals surface area contributed by atoms with Crippen molar-refractivity contribution in [1.29, 1.82) is 0 Å². The first-order valence-corrected chi connectivity index (χ1v) is 38.0. The van der Waals surface area contributed by atoms with E-state index in [0.717, 1.165) is 158 Å². The summed E-state index contributed by atoms with van der Waals surface area (Å²) in [4.78, 5) is 49.5. The van der Waals surface area contributed by atoms with Crippen molar-refractivity contribution in [3.05, 3.63) is 400 Å². The monoisotopic (exact) mass is 1480 g/mol. The normalized spacial score (nSPS) is 18.2. The van der Waals surface area contributed by atoms with Gasteiger partial charge in [-0.25, -0.2) is 58.2 Å². The molecule has 5 aromatic heterocycles. The first-order chi connectivity index (χ1) is 55.2. The van der Waals surface area contributed by atoms with Gasteiger partial charge in [-0.15, -0.1) is 0 Å². The number of unbranched alkanes of at least 4 members (excludes halogenated alkanes) is 2. The van der Waals surface area contributed by atoms with Gasteiger partial charge in [-0.1, -0.05) is 42.8 Å². The van der Waals surface area contributed by atoms with Gasteiger partial charge in [0.15, 0.2) is 61.4 Å². The maximum Gasteiger partial charge on any atom is 0.218 e. The largest absolute Gasteiger partial charge is 0.496 e. The number of aryl methyl sites for hydroxylation is 4. The van der Waals surface area contributed by atoms with Gasteiger partial charge in [-0.2, -0.15) is 0 Å². The van der Waals surface area contributed by atoms with Gasteiger partial charge < -0.3 is 25.0 Å². The lowest BCUT2D eigenvalue weighted by molar-refractivity contribution is -0.671. The molecule has 0 radical (unpaired) electrons. The van der Waals surface area contributed by atoms with Crippen LogP contribution >= 0.6 is 0 Å². The number of para-hydroxylation sites is 2. The number of aliphatic imine (C=N–C) groups is 7. The van der Waals surface area contributed by atoms with E-state index in [4.69, 9.17) is 34.9 Å². The van der Waals surface area contributed by atoms with Crippen LogP contribution in [0, 0.1) is 0 Å². The highest BCUT2D eigenvalue weighted by atomic mass is 16.3. The molecule has 11 aliphatic heterocycles. The standard InChI is InChI=1S/C95H78N16O2/c1-106-48-36-60(37-49-106)88-70-20-24-74(96-70)90(62-40-52-108(3)53-41-62)78-28-32-82(100-78)94(83-33-29-79(101-83)91(75-25-21-71(88)97-75)63-42-54-109(4)55-43-63)66-14-10-12-16-68(66)104-86(112)18-8-7-9-19-87(113)105-69-17-13-11-15-67(69)95-84-34-30-80(102-84)92(64-44-56-110(5)57-45-64)76-26-22-72(98-76)89(61-38-50-107(2)51-39-61)73-23-27-77(99-73)93(81-31-35-85(95)103-81)65-46-58-111(6)59-47-65/h10-17,20-59H,7-9,18-19H2,1-6H3,(H2-2,96,97,98,99,100,101,102,103,104,105,112,113)/q+2/p+4. The number of pyridine rings is 4. The maximum atomic E-state index is 12.0. The number of rotatable bonds is 14. The number of aliphatic hydroxyl groups excluding tert-OH is 2. The van der Waals surface area contributed by atoms with Gasteiger partial charge in [0, 0.05) is 186 Å². The molecule has 0 atom stereocenters. The van der Waals surface area contributed by atoms with Crippen molar-refractivity contribution in [1.82, 2.24) is 14.8 Å². The smallest absolute Gasteiger partial charge is 0.218 e. The van der Waals surface area contributed by atoms with E-state index in [9.17, 15) is 10.2 Å². The highest BCUT2D eigenvalue weighted by Crippen LogP contribution is 2.43. The van der Waals surface area contributed by atoms with Crippen LogP contribution in [0.3, 0.4) is 0 Å². The van der Waals surface area contributed by atoms with Crippen LogP contribution in [0.5, 0.6) is 0 Å². The van der Waals surface area contributed by atoms with Gasteiger partial charge in [0.05, 0.1) is 79.6 Å². The number of hydrogen-bond donors (Lipinski definition) is 5. The van der Waals surface area contributed by atoms with E-state index < -0.39 is 0 Å². The molecule has 0 saturated carbocycles. The Kier molecular flexibility index (Phi) is 18.6. The highest BCUT2D eigenvalue weighted by Gasteiger charge is 2.36. The fourth-order valence-electron chi connectivity index (χ4n) is 15.5. The molecular formula is C95H82N16O2+6. The Hall–Kier alpha value is -14.4. The molecule has 16 heterocycles. The average molecular weight is 1480 g/mol. The second-order valence-corrected chi connectivity index (χ2v) is 29.2. The van der Waals surface area contributed by atoms with E-state index >= 15 is 0 Å². The molecule has 0 unspecified atom stereocenters. The minimum atomic E-state index is -0.0143. The van der Waals surface area contributed by atoms with Crippen molar-refractivity contribution in [3.63, 3.8) is 0 Å². The lowest BCUT2D eigenvalue weighted by Crippen LogP contribution is -2.80. The first kappa shape index (κ1) is 70.3. The quantitative estimate of drug-likeness (QED) is 0.0313. The van der Waals surface area contributed by atoms with E-state index in [2.05, 4.69) is 246 Å². The summed E-state index contributed by atoms with van der Waals surface area (Å²) in [6.07, 6.45) is 65.2. The minimum Gasteiger partial charge on any atom is -0.496 e. The third kappa shape index (κ3) is 14.1. The summed E-state index contributed by atoms with van der Waals surface area (Å²) in [5.41, 5.74) is 29.2. The number of nitrogens with two attached hydrogens (primary N) is 1. The van der Waals surface area contributed by atoms with Crippen LogP contribution < -0.4 is 28.6 Å². The Morgan fingerprint density at radius 1 is 0.381 bits per heavy atom. The molecule has 18 heteroatoms. The Morgan fingerprint density at radius 2 is 0.743 bits per heavy atom. The highest BCUT2D eigenvalue weighted by molar-refractivity contribution is 6.39. The van der Waals surface area contributed by atoms with Crippen LogP contribution in [-0.2, 0) is 28.2 Å².